The predicted octanol–water partition coefficient (Wildman–Crippen LogP) is 3.46. The number of ether oxygens (including phenoxy) is 3. The van der Waals surface area contributed by atoms with E-state index in [0.717, 1.165) is 11.1 Å². The Morgan fingerprint density at radius 3 is 2.49 bits per heavy atom. The molecule has 1 N–H and O–H groups in total. The van der Waals surface area contributed by atoms with Crippen molar-refractivity contribution in [3.8, 4) is 17.2 Å². The van der Waals surface area contributed by atoms with Crippen LogP contribution in [0.5, 0.6) is 17.2 Å². The number of nitrogens with one attached hydrogen (secondary N) is 1. The molecule has 0 saturated heterocycles. The maximum Gasteiger partial charge on any atom is 0.264 e. The number of hydrogen-bond donors (Lipinski definition) is 1. The summed E-state index contributed by atoms with van der Waals surface area (Å²) in [6.07, 6.45) is -1.01. The van der Waals surface area contributed by atoms with E-state index in [-0.39, 0.29) is 24.6 Å². The van der Waals surface area contributed by atoms with E-state index < -0.39 is 22.0 Å². The van der Waals surface area contributed by atoms with E-state index in [1.54, 1.807) is 55.6 Å². The largest absolute Gasteiger partial charge is 0.497 e. The summed E-state index contributed by atoms with van der Waals surface area (Å²) < 4.78 is 45.0. The van der Waals surface area contributed by atoms with E-state index in [2.05, 4.69) is 5.32 Å². The van der Waals surface area contributed by atoms with Crippen molar-refractivity contribution in [2.24, 2.45) is 0 Å². The first-order valence-corrected chi connectivity index (χ1v) is 12.6. The summed E-state index contributed by atoms with van der Waals surface area (Å²) in [7, 11) is -2.33. The summed E-state index contributed by atoms with van der Waals surface area (Å²) in [5.74, 6) is 1.21. The third-order valence-corrected chi connectivity index (χ3v) is 7.39. The van der Waals surface area contributed by atoms with Crippen molar-refractivity contribution < 1.29 is 27.4 Å². The predicted molar refractivity (Wildman–Crippen MR) is 133 cm³/mol. The van der Waals surface area contributed by atoms with E-state index in [0.29, 0.717) is 22.9 Å². The Bertz CT molecular complexity index is 1310. The molecule has 9 heteroatoms. The van der Waals surface area contributed by atoms with Gasteiger partial charge >= 0.3 is 0 Å². The van der Waals surface area contributed by atoms with Crippen molar-refractivity contribution in [3.05, 3.63) is 77.9 Å². The highest BCUT2D eigenvalue weighted by molar-refractivity contribution is 7.92. The van der Waals surface area contributed by atoms with Gasteiger partial charge in [-0.1, -0.05) is 29.8 Å². The lowest BCUT2D eigenvalue weighted by molar-refractivity contribution is -0.127. The fourth-order valence-corrected chi connectivity index (χ4v) is 5.18. The van der Waals surface area contributed by atoms with Gasteiger partial charge < -0.3 is 19.5 Å². The maximum absolute atomic E-state index is 13.5. The zero-order valence-electron chi connectivity index (χ0n) is 19.9. The van der Waals surface area contributed by atoms with Gasteiger partial charge in [0, 0.05) is 6.07 Å². The molecule has 0 radical (unpaired) electrons. The Morgan fingerprint density at radius 2 is 1.74 bits per heavy atom. The van der Waals surface area contributed by atoms with E-state index >= 15 is 0 Å². The number of hydrogen-bond acceptors (Lipinski definition) is 6. The molecule has 3 aromatic rings. The smallest absolute Gasteiger partial charge is 0.264 e. The van der Waals surface area contributed by atoms with Gasteiger partial charge in [0.15, 0.2) is 6.10 Å². The highest BCUT2D eigenvalue weighted by Crippen LogP contribution is 2.37. The molecule has 0 bridgehead atoms. The SMILES string of the molecule is COc1cccc(OCCNC(=O)[C@H]2CN(S(=O)(=O)c3ccc(C)cc3)c3cc(C)ccc3O2)c1. The van der Waals surface area contributed by atoms with Gasteiger partial charge in [-0.05, 0) is 55.8 Å². The average molecular weight is 497 g/mol. The van der Waals surface area contributed by atoms with Gasteiger partial charge in [0.2, 0.25) is 0 Å². The topological polar surface area (TPSA) is 94.2 Å². The summed E-state index contributed by atoms with van der Waals surface area (Å²) in [6, 6.07) is 19.0. The average Bonchev–Trinajstić information content (AvgIpc) is 2.86. The Hall–Kier alpha value is -3.72. The van der Waals surface area contributed by atoms with E-state index in [9.17, 15) is 13.2 Å². The molecule has 1 aliphatic rings. The van der Waals surface area contributed by atoms with Gasteiger partial charge in [-0.2, -0.15) is 0 Å². The lowest BCUT2D eigenvalue weighted by Crippen LogP contribution is -2.51. The van der Waals surface area contributed by atoms with Crippen LogP contribution in [0.25, 0.3) is 0 Å². The molecular formula is C26H28N2O6S. The second kappa shape index (κ2) is 10.3. The van der Waals surface area contributed by atoms with Gasteiger partial charge in [0.05, 0.1) is 30.8 Å². The molecule has 0 aliphatic carbocycles. The van der Waals surface area contributed by atoms with Gasteiger partial charge in [-0.25, -0.2) is 8.42 Å². The molecule has 1 amide bonds. The highest BCUT2D eigenvalue weighted by Gasteiger charge is 2.37. The summed E-state index contributed by atoms with van der Waals surface area (Å²) in [5.41, 5.74) is 2.25. The number of carbonyl (C=O) groups is 1. The zero-order chi connectivity index (χ0) is 25.0. The van der Waals surface area contributed by atoms with Crippen molar-refractivity contribution in [3.63, 3.8) is 0 Å². The van der Waals surface area contributed by atoms with E-state index in [1.165, 1.54) is 4.31 Å². The molecule has 3 aromatic carbocycles. The Labute approximate surface area is 205 Å². The molecule has 1 heterocycles. The molecule has 1 atom stereocenters. The number of aryl methyl sites for hydroxylation is 2. The number of amides is 1. The minimum absolute atomic E-state index is 0.144. The Balaban J connectivity index is 1.47. The number of nitrogens with zero attached hydrogens (tertiary/aromatic N) is 1. The lowest BCUT2D eigenvalue weighted by Gasteiger charge is -2.35. The molecule has 35 heavy (non-hydrogen) atoms. The van der Waals surface area contributed by atoms with Crippen LogP contribution in [0.15, 0.2) is 71.6 Å². The van der Waals surface area contributed by atoms with Crippen LogP contribution >= 0.6 is 0 Å². The van der Waals surface area contributed by atoms with E-state index in [1.807, 2.05) is 32.0 Å². The second-order valence-corrected chi connectivity index (χ2v) is 10.1. The quantitative estimate of drug-likeness (QED) is 0.480. The Morgan fingerprint density at radius 1 is 1.03 bits per heavy atom. The van der Waals surface area contributed by atoms with Gasteiger partial charge in [0.1, 0.15) is 23.9 Å². The summed E-state index contributed by atoms with van der Waals surface area (Å²) in [4.78, 5) is 13.1. The molecule has 0 fully saturated rings. The molecular weight excluding hydrogens is 468 g/mol. The maximum atomic E-state index is 13.5. The molecule has 0 aromatic heterocycles. The minimum Gasteiger partial charge on any atom is -0.497 e. The van der Waals surface area contributed by atoms with Gasteiger partial charge in [-0.3, -0.25) is 9.10 Å². The highest BCUT2D eigenvalue weighted by atomic mass is 32.2. The molecule has 0 unspecified atom stereocenters. The van der Waals surface area contributed by atoms with Crippen LogP contribution in [0.3, 0.4) is 0 Å². The van der Waals surface area contributed by atoms with Crippen molar-refractivity contribution in [1.82, 2.24) is 5.32 Å². The number of carbonyl (C=O) groups excluding carboxylic acids is 1. The second-order valence-electron chi connectivity index (χ2n) is 8.25. The van der Waals surface area contributed by atoms with Crippen LogP contribution in [0.1, 0.15) is 11.1 Å². The first-order chi connectivity index (χ1) is 16.8. The Kier molecular flexibility index (Phi) is 7.16. The fraction of sp³-hybridized carbons (Fsp3) is 0.269. The number of benzene rings is 3. The third-order valence-electron chi connectivity index (χ3n) is 5.60. The molecule has 0 spiro atoms. The monoisotopic (exact) mass is 496 g/mol. The number of rotatable bonds is 8. The van der Waals surface area contributed by atoms with E-state index in [4.69, 9.17) is 14.2 Å². The molecule has 0 saturated carbocycles. The fourth-order valence-electron chi connectivity index (χ4n) is 3.71. The number of sulfonamides is 1. The van der Waals surface area contributed by atoms with Crippen molar-refractivity contribution >= 4 is 21.6 Å². The summed E-state index contributed by atoms with van der Waals surface area (Å²) >= 11 is 0. The zero-order valence-corrected chi connectivity index (χ0v) is 20.7. The number of methoxy groups -OCH3 is 1. The van der Waals surface area contributed by atoms with Crippen LogP contribution in [-0.2, 0) is 14.8 Å². The molecule has 1 aliphatic heterocycles. The van der Waals surface area contributed by atoms with Crippen LogP contribution in [0, 0.1) is 13.8 Å². The molecule has 8 nitrogen and oxygen atoms in total. The van der Waals surface area contributed by atoms with Gasteiger partial charge in [0.25, 0.3) is 15.9 Å². The van der Waals surface area contributed by atoms with Crippen LogP contribution < -0.4 is 23.8 Å². The minimum atomic E-state index is -3.91. The van der Waals surface area contributed by atoms with Gasteiger partial charge in [-0.15, -0.1) is 0 Å². The number of fused-ring (bicyclic) bond motifs is 1. The van der Waals surface area contributed by atoms with Crippen LogP contribution in [0.2, 0.25) is 0 Å². The molecule has 4 rings (SSSR count). The number of anilines is 1. The first kappa shape index (κ1) is 24.4. The van der Waals surface area contributed by atoms with Crippen molar-refractivity contribution in [2.45, 2.75) is 24.8 Å². The lowest BCUT2D eigenvalue weighted by atomic mass is 10.1. The summed E-state index contributed by atoms with van der Waals surface area (Å²) in [5, 5.41) is 2.77. The van der Waals surface area contributed by atoms with Crippen LogP contribution in [0.4, 0.5) is 5.69 Å². The molecule has 184 valence electrons. The third kappa shape index (κ3) is 5.51. The van der Waals surface area contributed by atoms with Crippen LogP contribution in [-0.4, -0.2) is 47.2 Å². The standard InChI is InChI=1S/C26H28N2O6S/c1-18-7-10-22(11-8-18)35(30,31)28-17-25(34-24-12-9-19(2)15-23(24)28)26(29)27-13-14-33-21-6-4-5-20(16-21)32-3/h4-12,15-16,25H,13-14,17H2,1-3H3,(H,27,29)/t25-/m1/s1. The summed E-state index contributed by atoms with van der Waals surface area (Å²) in [6.45, 7) is 4.07. The normalized spacial score (nSPS) is 15.1. The van der Waals surface area contributed by atoms with Crippen molar-refractivity contribution in [2.75, 3.05) is 31.1 Å². The first-order valence-electron chi connectivity index (χ1n) is 11.2. The van der Waals surface area contributed by atoms with Crippen molar-refractivity contribution in [1.29, 1.82) is 0 Å².